The summed E-state index contributed by atoms with van der Waals surface area (Å²) in [6.07, 6.45) is 9.93. The second-order valence-electron chi connectivity index (χ2n) is 15.1. The van der Waals surface area contributed by atoms with Gasteiger partial charge in [0.05, 0.1) is 0 Å². The van der Waals surface area contributed by atoms with E-state index in [0.717, 1.165) is 10.8 Å². The van der Waals surface area contributed by atoms with Crippen LogP contribution in [0.1, 0.15) is 73.0 Å². The number of hydrogen-bond donors (Lipinski definition) is 0. The van der Waals surface area contributed by atoms with E-state index in [9.17, 15) is 0 Å². The van der Waals surface area contributed by atoms with Crippen LogP contribution in [0, 0.1) is 154 Å². The first kappa shape index (κ1) is 19.4. The van der Waals surface area contributed by atoms with Gasteiger partial charge in [0.1, 0.15) is 0 Å². The molecule has 31 heavy (non-hydrogen) atoms. The second-order valence-corrected chi connectivity index (χ2v) is 15.1. The smallest absolute Gasteiger partial charge is 0 e. The molecule has 0 aromatic carbocycles. The van der Waals surface area contributed by atoms with Crippen LogP contribution in [0.25, 0.3) is 0 Å². The van der Waals surface area contributed by atoms with E-state index in [4.69, 9.17) is 2.97 Å². The molecule has 11 fully saturated rings. The molecule has 0 nitrogen and oxygen atoms in total. The van der Waals surface area contributed by atoms with Gasteiger partial charge in [-0.2, -0.15) is 0 Å². The Morgan fingerprint density at radius 1 is 0.581 bits per heavy atom. The third-order valence-electron chi connectivity index (χ3n) is 16.6. The quantitative estimate of drug-likeness (QED) is 0.256. The van der Waals surface area contributed by atoms with E-state index in [1.807, 2.05) is 0 Å². The zero-order valence-corrected chi connectivity index (χ0v) is 19.7. The van der Waals surface area contributed by atoms with Gasteiger partial charge in [0.15, 0.2) is 0 Å². The molecule has 11 saturated carbocycles. The summed E-state index contributed by atoms with van der Waals surface area (Å²) in [5.41, 5.74) is 1.58. The van der Waals surface area contributed by atoms with Gasteiger partial charge >= 0.3 is 0 Å². The molecular formula is C30H50Tm. The Kier molecular flexibility index (Phi) is 3.34. The SMILES string of the molecule is C.C.CC12C[C@H]3C4C5C6C7CCC7C6C5C4[C@H]3CC1C1C3C4C5CCC5C4C3C12C.[3HH].[3HH].[3H][3H].[Tm]. The summed E-state index contributed by atoms with van der Waals surface area (Å²) in [6.45, 7) is 5.67. The topological polar surface area (TPSA) is 0 Å². The molecule has 0 saturated heterocycles. The average molecular weight is 588 g/mol. The van der Waals surface area contributed by atoms with Crippen molar-refractivity contribution in [2.45, 2.75) is 67.2 Å². The van der Waals surface area contributed by atoms with E-state index in [0.29, 0.717) is 0 Å². The molecule has 1 radical (unpaired) electrons. The van der Waals surface area contributed by atoms with Crippen molar-refractivity contribution < 1.29 is 42.7 Å². The maximum absolute atomic E-state index is 5.00. The molecule has 0 aromatic heterocycles. The summed E-state index contributed by atoms with van der Waals surface area (Å²) in [5, 5.41) is 0. The van der Waals surface area contributed by atoms with Crippen molar-refractivity contribution in [2.75, 3.05) is 0 Å². The van der Waals surface area contributed by atoms with Crippen LogP contribution in [0.3, 0.4) is 0 Å². The Bertz CT molecular complexity index is 913. The molecule has 0 aromatic rings. The van der Waals surface area contributed by atoms with Gasteiger partial charge in [-0.3, -0.25) is 0 Å². The Labute approximate surface area is 226 Å². The number of rotatable bonds is 0. The fraction of sp³-hybridized carbons (Fsp3) is 1.00. The van der Waals surface area contributed by atoms with Gasteiger partial charge in [0, 0.05) is 42.7 Å². The minimum absolute atomic E-state index is 0. The molecule has 1 heteroatoms. The van der Waals surface area contributed by atoms with Crippen LogP contribution in [0.5, 0.6) is 0 Å². The van der Waals surface area contributed by atoms with Gasteiger partial charge in [0.25, 0.3) is 0 Å². The van der Waals surface area contributed by atoms with Gasteiger partial charge in [-0.25, -0.2) is 0 Å². The fourth-order valence-corrected chi connectivity index (χ4v) is 15.8. The first-order chi connectivity index (χ1) is 14.7. The standard InChI is InChI=1S/C28H36.2CH4.Tm.3H2/c1-27-8-14-13(19-20(14)23-17-10-4-3-9(10)16(17)22(19)23)7-15(27)25-24-18-11-5-6-12(11)21(18)26(24)28(25,27)2;;;;;;/h9-26H,3-8H2,1-2H3;2*1H4;;3*1H/t9?,10?,11?,12?,13-,14+,15?,16?,17?,18?,19?,20?,21?,22?,23?,24?,25?,26?,27?,28?;;;;;;/m0....../s1/i;;;;1+2T;2*1+2. The van der Waals surface area contributed by atoms with Crippen LogP contribution in [0.15, 0.2) is 0 Å². The van der Waals surface area contributed by atoms with Gasteiger partial charge in [-0.05, 0) is 156 Å². The third-order valence-corrected chi connectivity index (χ3v) is 16.6. The monoisotopic (exact) mass is 587 g/mol. The molecule has 18 unspecified atom stereocenters. The molecule has 11 aliphatic rings. The van der Waals surface area contributed by atoms with Crippen molar-refractivity contribution in [2.24, 2.45) is 117 Å². The molecule has 0 spiro atoms. The second kappa shape index (κ2) is 5.32. The van der Waals surface area contributed by atoms with Crippen LogP contribution in [0.2, 0.25) is 0 Å². The van der Waals surface area contributed by atoms with Crippen LogP contribution in [0.4, 0.5) is 0 Å². The first-order valence-electron chi connectivity index (χ1n) is 14.7. The Morgan fingerprint density at radius 2 is 1.06 bits per heavy atom. The maximum atomic E-state index is 5.00. The van der Waals surface area contributed by atoms with Gasteiger partial charge in [-0.1, -0.05) is 28.7 Å². The molecule has 183 valence electrons. The van der Waals surface area contributed by atoms with Crippen molar-refractivity contribution in [3.05, 3.63) is 0 Å². The van der Waals surface area contributed by atoms with E-state index in [1.165, 1.54) is 107 Å². The summed E-state index contributed by atoms with van der Waals surface area (Å²) in [4.78, 5) is 0. The fourth-order valence-electron chi connectivity index (χ4n) is 15.8. The third kappa shape index (κ3) is 1.46. The van der Waals surface area contributed by atoms with Crippen molar-refractivity contribution in [1.82, 2.24) is 0 Å². The zero-order chi connectivity index (χ0) is 19.6. The summed E-state index contributed by atoms with van der Waals surface area (Å²) < 4.78 is 10.0. The minimum Gasteiger partial charge on any atom is -0.0776 e. The summed E-state index contributed by atoms with van der Waals surface area (Å²) >= 11 is 0. The Hall–Kier alpha value is 1.23. The molecule has 0 amide bonds. The number of fused-ring (bicyclic) bond motifs is 26. The summed E-state index contributed by atoms with van der Waals surface area (Å²) in [6, 6.07) is 0. The summed E-state index contributed by atoms with van der Waals surface area (Å²) in [7, 11) is 0. The first-order valence-corrected chi connectivity index (χ1v) is 13.7. The van der Waals surface area contributed by atoms with E-state index < -0.39 is 0 Å². The van der Waals surface area contributed by atoms with Crippen molar-refractivity contribution in [3.63, 3.8) is 0 Å². The van der Waals surface area contributed by atoms with E-state index in [2.05, 4.69) is 13.8 Å². The molecule has 0 bridgehead atoms. The predicted molar refractivity (Wildman–Crippen MR) is 127 cm³/mol. The van der Waals surface area contributed by atoms with Crippen molar-refractivity contribution >= 4 is 0 Å². The van der Waals surface area contributed by atoms with Gasteiger partial charge in [-0.15, -0.1) is 0 Å². The van der Waals surface area contributed by atoms with Crippen LogP contribution in [-0.4, -0.2) is 0 Å². The normalized spacial score (nSPS) is 80.2. The largest absolute Gasteiger partial charge is 0.0776 e. The summed E-state index contributed by atoms with van der Waals surface area (Å²) in [5.74, 6) is 22.3. The average Bonchev–Trinajstić information content (AvgIpc) is 2.69. The molecule has 0 heterocycles. The van der Waals surface area contributed by atoms with Gasteiger partial charge in [0.2, 0.25) is 0 Å². The molecule has 11 rings (SSSR count). The predicted octanol–water partition coefficient (Wildman–Crippen LogP) is 7.59. The van der Waals surface area contributed by atoms with Crippen molar-refractivity contribution in [3.8, 4) is 0 Å². The molecule has 0 N–H and O–H groups in total. The van der Waals surface area contributed by atoms with Crippen molar-refractivity contribution in [1.29, 1.82) is 0 Å². The molecular weight excluding hydrogens is 529 g/mol. The van der Waals surface area contributed by atoms with Crippen LogP contribution < -0.4 is 0 Å². The molecule has 0 aliphatic heterocycles. The molecule has 20 atom stereocenters. The van der Waals surface area contributed by atoms with E-state index >= 15 is 0 Å². The van der Waals surface area contributed by atoms with Crippen LogP contribution >= 0.6 is 0 Å². The maximum Gasteiger partial charge on any atom is 0 e. The van der Waals surface area contributed by atoms with E-state index in [-0.39, 0.29) is 54.6 Å². The minimum atomic E-state index is 0. The molecule has 11 aliphatic carbocycles. The Morgan fingerprint density at radius 3 is 1.65 bits per heavy atom. The van der Waals surface area contributed by atoms with Gasteiger partial charge < -0.3 is 0 Å². The number of hydrogen-bond acceptors (Lipinski definition) is 0. The van der Waals surface area contributed by atoms with E-state index in [1.54, 1.807) is 38.5 Å². The zero-order valence-electron chi connectivity index (χ0n) is 19.9. The Balaban J connectivity index is 0.000000355. The van der Waals surface area contributed by atoms with Crippen LogP contribution in [-0.2, 0) is 0 Å².